The lowest BCUT2D eigenvalue weighted by atomic mass is 10.2. The van der Waals surface area contributed by atoms with Gasteiger partial charge in [-0.3, -0.25) is 9.10 Å². The number of carbonyl (C=O) groups is 1. The van der Waals surface area contributed by atoms with Crippen molar-refractivity contribution in [2.24, 2.45) is 0 Å². The van der Waals surface area contributed by atoms with Crippen LogP contribution in [0, 0.1) is 6.92 Å². The zero-order valence-electron chi connectivity index (χ0n) is 13.5. The van der Waals surface area contributed by atoms with Crippen LogP contribution in [-0.2, 0) is 14.8 Å². The van der Waals surface area contributed by atoms with Gasteiger partial charge in [0.1, 0.15) is 0 Å². The Morgan fingerprint density at radius 3 is 2.27 bits per heavy atom. The number of benzene rings is 1. The fraction of sp³-hybridized carbons (Fsp3) is 0.533. The molecule has 0 aliphatic rings. The highest BCUT2D eigenvalue weighted by molar-refractivity contribution is 9.10. The van der Waals surface area contributed by atoms with Crippen LogP contribution in [0.2, 0.25) is 0 Å². The van der Waals surface area contributed by atoms with E-state index in [0.29, 0.717) is 23.2 Å². The summed E-state index contributed by atoms with van der Waals surface area (Å²) in [5.74, 6) is -0.0399. The van der Waals surface area contributed by atoms with Gasteiger partial charge in [0.15, 0.2) is 0 Å². The number of hydrogen-bond donors (Lipinski definition) is 0. The average molecular weight is 391 g/mol. The fourth-order valence-corrected chi connectivity index (χ4v) is 3.97. The molecule has 7 heteroatoms. The molecule has 0 saturated heterocycles. The molecule has 1 rings (SSSR count). The summed E-state index contributed by atoms with van der Waals surface area (Å²) < 4.78 is 26.1. The van der Waals surface area contributed by atoms with Crippen molar-refractivity contribution in [3.8, 4) is 0 Å². The van der Waals surface area contributed by atoms with Crippen LogP contribution < -0.4 is 4.31 Å². The number of anilines is 1. The number of amides is 1. The molecular formula is C15H23BrN2O3S. The number of halogens is 1. The van der Waals surface area contributed by atoms with Crippen molar-refractivity contribution in [3.63, 3.8) is 0 Å². The monoisotopic (exact) mass is 390 g/mol. The summed E-state index contributed by atoms with van der Waals surface area (Å²) in [4.78, 5) is 13.8. The van der Waals surface area contributed by atoms with Crippen molar-refractivity contribution in [1.29, 1.82) is 0 Å². The quantitative estimate of drug-likeness (QED) is 0.718. The number of rotatable bonds is 7. The van der Waals surface area contributed by atoms with Crippen LogP contribution in [-0.4, -0.2) is 45.1 Å². The van der Waals surface area contributed by atoms with E-state index in [1.54, 1.807) is 11.0 Å². The molecule has 0 spiro atoms. The van der Waals surface area contributed by atoms with E-state index < -0.39 is 10.0 Å². The van der Waals surface area contributed by atoms with Gasteiger partial charge in [0.25, 0.3) is 0 Å². The van der Waals surface area contributed by atoms with E-state index in [-0.39, 0.29) is 18.9 Å². The molecule has 1 aromatic rings. The number of nitrogens with zero attached hydrogens (tertiary/aromatic N) is 2. The van der Waals surface area contributed by atoms with E-state index in [4.69, 9.17) is 0 Å². The first-order valence-corrected chi connectivity index (χ1v) is 9.86. The molecule has 0 unspecified atom stereocenters. The minimum atomic E-state index is -3.46. The second kappa shape index (κ2) is 7.97. The highest BCUT2D eigenvalue weighted by Crippen LogP contribution is 2.29. The highest BCUT2D eigenvalue weighted by atomic mass is 79.9. The number of aryl methyl sites for hydroxylation is 1. The van der Waals surface area contributed by atoms with Gasteiger partial charge in [-0.1, -0.05) is 6.07 Å². The van der Waals surface area contributed by atoms with E-state index in [2.05, 4.69) is 15.9 Å². The molecule has 1 amide bonds. The molecule has 0 atom stereocenters. The molecule has 0 heterocycles. The van der Waals surface area contributed by atoms with Crippen LogP contribution in [0.15, 0.2) is 22.7 Å². The maximum absolute atomic E-state index is 12.1. The van der Waals surface area contributed by atoms with Gasteiger partial charge in [-0.05, 0) is 54.4 Å². The van der Waals surface area contributed by atoms with Crippen LogP contribution in [0.3, 0.4) is 0 Å². The Hall–Kier alpha value is -1.08. The van der Waals surface area contributed by atoms with Crippen molar-refractivity contribution in [1.82, 2.24) is 4.90 Å². The highest BCUT2D eigenvalue weighted by Gasteiger charge is 2.21. The second-order valence-corrected chi connectivity index (χ2v) is 7.87. The third-order valence-electron chi connectivity index (χ3n) is 3.42. The number of carbonyl (C=O) groups excluding carboxylic acids is 1. The van der Waals surface area contributed by atoms with Gasteiger partial charge in [0, 0.05) is 30.5 Å². The summed E-state index contributed by atoms with van der Waals surface area (Å²) in [5, 5.41) is 0. The second-order valence-electron chi connectivity index (χ2n) is 5.11. The zero-order chi connectivity index (χ0) is 16.9. The van der Waals surface area contributed by atoms with Crippen molar-refractivity contribution in [3.05, 3.63) is 28.2 Å². The molecule has 0 aliphatic carbocycles. The summed E-state index contributed by atoms with van der Waals surface area (Å²) in [7, 11) is -3.46. The minimum Gasteiger partial charge on any atom is -0.343 e. The van der Waals surface area contributed by atoms with Gasteiger partial charge in [-0.2, -0.15) is 0 Å². The normalized spacial score (nSPS) is 11.3. The molecule has 0 saturated carbocycles. The lowest BCUT2D eigenvalue weighted by Crippen LogP contribution is -2.36. The Bertz CT molecular complexity index is 628. The molecular weight excluding hydrogens is 368 g/mol. The lowest BCUT2D eigenvalue weighted by molar-refractivity contribution is -0.130. The summed E-state index contributed by atoms with van der Waals surface area (Å²) in [6, 6.07) is 5.46. The zero-order valence-corrected chi connectivity index (χ0v) is 15.9. The van der Waals surface area contributed by atoms with Crippen LogP contribution in [0.1, 0.15) is 25.8 Å². The maximum Gasteiger partial charge on any atom is 0.232 e. The van der Waals surface area contributed by atoms with E-state index >= 15 is 0 Å². The molecule has 0 bridgehead atoms. The summed E-state index contributed by atoms with van der Waals surface area (Å²) >= 11 is 3.40. The van der Waals surface area contributed by atoms with Crippen molar-refractivity contribution < 1.29 is 13.2 Å². The lowest BCUT2D eigenvalue weighted by Gasteiger charge is -2.25. The summed E-state index contributed by atoms with van der Waals surface area (Å²) in [6.45, 7) is 7.14. The number of hydrogen-bond acceptors (Lipinski definition) is 3. The number of sulfonamides is 1. The van der Waals surface area contributed by atoms with Gasteiger partial charge in [0.05, 0.1) is 11.9 Å². The van der Waals surface area contributed by atoms with E-state index in [9.17, 15) is 13.2 Å². The van der Waals surface area contributed by atoms with Crippen LogP contribution in [0.5, 0.6) is 0 Å². The van der Waals surface area contributed by atoms with Crippen molar-refractivity contribution >= 4 is 37.5 Å². The first kappa shape index (κ1) is 19.0. The van der Waals surface area contributed by atoms with E-state index in [1.165, 1.54) is 4.31 Å². The maximum atomic E-state index is 12.1. The van der Waals surface area contributed by atoms with E-state index in [0.717, 1.165) is 11.8 Å². The Morgan fingerprint density at radius 1 is 1.23 bits per heavy atom. The van der Waals surface area contributed by atoms with Gasteiger partial charge >= 0.3 is 0 Å². The van der Waals surface area contributed by atoms with Crippen LogP contribution in [0.4, 0.5) is 5.69 Å². The van der Waals surface area contributed by atoms with E-state index in [1.807, 2.05) is 32.9 Å². The third-order valence-corrected chi connectivity index (χ3v) is 5.23. The summed E-state index contributed by atoms with van der Waals surface area (Å²) in [6.07, 6.45) is 1.32. The Balaban J connectivity index is 2.99. The largest absolute Gasteiger partial charge is 0.343 e. The molecule has 1 aromatic carbocycles. The molecule has 0 radical (unpaired) electrons. The fourth-order valence-electron chi connectivity index (χ4n) is 2.21. The predicted molar refractivity (Wildman–Crippen MR) is 93.6 cm³/mol. The Kier molecular flexibility index (Phi) is 6.87. The molecule has 0 N–H and O–H groups in total. The minimum absolute atomic E-state index is 0.0399. The van der Waals surface area contributed by atoms with Crippen molar-refractivity contribution in [2.45, 2.75) is 27.2 Å². The first-order valence-electron chi connectivity index (χ1n) is 7.22. The average Bonchev–Trinajstić information content (AvgIpc) is 2.41. The van der Waals surface area contributed by atoms with Gasteiger partial charge in [-0.25, -0.2) is 8.42 Å². The Morgan fingerprint density at radius 2 is 1.82 bits per heavy atom. The third kappa shape index (κ3) is 4.98. The smallest absolute Gasteiger partial charge is 0.232 e. The first-order chi connectivity index (χ1) is 10.2. The van der Waals surface area contributed by atoms with Gasteiger partial charge in [0.2, 0.25) is 15.9 Å². The molecule has 5 nitrogen and oxygen atoms in total. The molecule has 0 aromatic heterocycles. The summed E-state index contributed by atoms with van der Waals surface area (Å²) in [5.41, 5.74) is 1.59. The molecule has 0 aliphatic heterocycles. The Labute approximate surface area is 141 Å². The molecule has 22 heavy (non-hydrogen) atoms. The predicted octanol–water partition coefficient (Wildman–Crippen LogP) is 2.78. The van der Waals surface area contributed by atoms with Gasteiger partial charge < -0.3 is 4.90 Å². The van der Waals surface area contributed by atoms with Crippen molar-refractivity contribution in [2.75, 3.05) is 30.2 Å². The van der Waals surface area contributed by atoms with Crippen LogP contribution >= 0.6 is 15.9 Å². The molecule has 0 fully saturated rings. The van der Waals surface area contributed by atoms with Gasteiger partial charge in [-0.15, -0.1) is 0 Å². The standard InChI is InChI=1S/C15H23BrN2O3S/c1-5-17(6-2)15(19)9-10-18(22(4,20)21)14-8-7-12(3)11-13(14)16/h7-8,11H,5-6,9-10H2,1-4H3. The molecule has 124 valence electrons. The van der Waals surface area contributed by atoms with Crippen LogP contribution in [0.25, 0.3) is 0 Å². The topological polar surface area (TPSA) is 57.7 Å². The SMILES string of the molecule is CCN(CC)C(=O)CCN(c1ccc(C)cc1Br)S(C)(=O)=O.